The number of rotatable bonds is 3. The number of nitrogens with zero attached hydrogens (tertiary/aromatic N) is 3. The number of fused-ring (bicyclic) bond motifs is 1. The van der Waals surface area contributed by atoms with Crippen LogP contribution in [0.3, 0.4) is 0 Å². The molecule has 2 saturated heterocycles. The first-order chi connectivity index (χ1) is 13.0. The van der Waals surface area contributed by atoms with Crippen molar-refractivity contribution in [2.45, 2.75) is 31.8 Å². The Morgan fingerprint density at radius 2 is 1.89 bits per heavy atom. The van der Waals surface area contributed by atoms with Crippen molar-refractivity contribution in [1.82, 2.24) is 14.8 Å². The molecule has 3 heterocycles. The quantitative estimate of drug-likeness (QED) is 0.845. The summed E-state index contributed by atoms with van der Waals surface area (Å²) in [5.74, 6) is -0.380. The molecule has 0 bridgehead atoms. The van der Waals surface area contributed by atoms with Crippen molar-refractivity contribution < 1.29 is 14.4 Å². The van der Waals surface area contributed by atoms with Crippen molar-refractivity contribution in [2.75, 3.05) is 11.4 Å². The molecule has 4 amide bonds. The van der Waals surface area contributed by atoms with Crippen LogP contribution in [0.1, 0.15) is 28.9 Å². The van der Waals surface area contributed by atoms with E-state index in [0.717, 1.165) is 5.56 Å². The molecule has 1 aromatic carbocycles. The predicted octanol–water partition coefficient (Wildman–Crippen LogP) is 2.06. The van der Waals surface area contributed by atoms with Gasteiger partial charge in [-0.2, -0.15) is 0 Å². The lowest BCUT2D eigenvalue weighted by Crippen LogP contribution is -2.50. The van der Waals surface area contributed by atoms with Crippen LogP contribution in [0.4, 0.5) is 10.5 Å². The Morgan fingerprint density at radius 1 is 1.15 bits per heavy atom. The van der Waals surface area contributed by atoms with Crippen molar-refractivity contribution in [3.63, 3.8) is 0 Å². The molecule has 7 heteroatoms. The first-order valence-electron chi connectivity index (χ1n) is 9.09. The third kappa shape index (κ3) is 2.99. The summed E-state index contributed by atoms with van der Waals surface area (Å²) in [4.78, 5) is 40.9. The molecule has 2 unspecified atom stereocenters. The number of aromatic nitrogens is 1. The molecule has 0 radical (unpaired) electrons. The van der Waals surface area contributed by atoms with E-state index in [1.807, 2.05) is 38.4 Å². The third-order valence-electron chi connectivity index (χ3n) is 5.35. The highest BCUT2D eigenvalue weighted by atomic mass is 16.2. The van der Waals surface area contributed by atoms with Gasteiger partial charge in [-0.1, -0.05) is 17.7 Å². The lowest BCUT2D eigenvalue weighted by molar-refractivity contribution is -0.120. The van der Waals surface area contributed by atoms with Crippen molar-refractivity contribution >= 4 is 23.5 Å². The lowest BCUT2D eigenvalue weighted by atomic mass is 9.98. The van der Waals surface area contributed by atoms with E-state index in [1.54, 1.807) is 27.7 Å². The average molecular weight is 366 g/mol. The Hall–Kier alpha value is -3.09. The van der Waals surface area contributed by atoms with Gasteiger partial charge in [0, 0.05) is 25.8 Å². The summed E-state index contributed by atoms with van der Waals surface area (Å²) in [7, 11) is 1.82. The van der Waals surface area contributed by atoms with Crippen LogP contribution >= 0.6 is 0 Å². The number of anilines is 1. The summed E-state index contributed by atoms with van der Waals surface area (Å²) >= 11 is 0. The number of urea groups is 1. The molecule has 0 aliphatic carbocycles. The number of carbonyl (C=O) groups is 3. The molecule has 27 heavy (non-hydrogen) atoms. The molecule has 140 valence electrons. The number of amides is 4. The van der Waals surface area contributed by atoms with Gasteiger partial charge in [-0.05, 0) is 44.0 Å². The summed E-state index contributed by atoms with van der Waals surface area (Å²) in [5, 5.41) is 3.00. The zero-order valence-electron chi connectivity index (χ0n) is 15.4. The van der Waals surface area contributed by atoms with Crippen LogP contribution in [-0.2, 0) is 11.8 Å². The van der Waals surface area contributed by atoms with Gasteiger partial charge in [0.1, 0.15) is 11.7 Å². The van der Waals surface area contributed by atoms with Crippen LogP contribution in [-0.4, -0.2) is 45.9 Å². The third-order valence-corrected chi connectivity index (χ3v) is 5.35. The molecular weight excluding hydrogens is 344 g/mol. The Kier molecular flexibility index (Phi) is 4.22. The number of hydrogen-bond donors (Lipinski definition) is 1. The molecule has 1 aromatic heterocycles. The van der Waals surface area contributed by atoms with E-state index in [2.05, 4.69) is 5.32 Å². The summed E-state index contributed by atoms with van der Waals surface area (Å²) in [6.45, 7) is 2.41. The van der Waals surface area contributed by atoms with Crippen LogP contribution in [0, 0.1) is 6.92 Å². The summed E-state index contributed by atoms with van der Waals surface area (Å²) in [5.41, 5.74) is 2.24. The lowest BCUT2D eigenvalue weighted by Gasteiger charge is -2.32. The minimum atomic E-state index is -0.522. The Balaban J connectivity index is 1.49. The second kappa shape index (κ2) is 6.57. The molecule has 7 nitrogen and oxygen atoms in total. The number of imide groups is 1. The molecule has 2 aromatic rings. The monoisotopic (exact) mass is 366 g/mol. The van der Waals surface area contributed by atoms with Gasteiger partial charge < -0.3 is 14.8 Å². The first kappa shape index (κ1) is 17.3. The van der Waals surface area contributed by atoms with Crippen molar-refractivity contribution in [3.8, 4) is 0 Å². The smallest absolute Gasteiger partial charge is 0.332 e. The highest BCUT2D eigenvalue weighted by molar-refractivity contribution is 6.21. The van der Waals surface area contributed by atoms with Gasteiger partial charge in [-0.25, -0.2) is 9.69 Å². The Morgan fingerprint density at radius 3 is 2.56 bits per heavy atom. The van der Waals surface area contributed by atoms with Crippen LogP contribution < -0.4 is 10.2 Å². The number of piperidine rings is 1. The second-order valence-electron chi connectivity index (χ2n) is 7.20. The molecule has 2 aliphatic heterocycles. The van der Waals surface area contributed by atoms with Crippen LogP contribution in [0.2, 0.25) is 0 Å². The van der Waals surface area contributed by atoms with Crippen LogP contribution in [0.5, 0.6) is 0 Å². The highest BCUT2D eigenvalue weighted by Crippen LogP contribution is 2.31. The number of nitrogens with one attached hydrogen (secondary N) is 1. The zero-order chi connectivity index (χ0) is 19.1. The topological polar surface area (TPSA) is 74.7 Å². The van der Waals surface area contributed by atoms with E-state index < -0.39 is 6.04 Å². The Bertz CT molecular complexity index is 902. The van der Waals surface area contributed by atoms with Crippen molar-refractivity contribution in [2.24, 2.45) is 7.05 Å². The van der Waals surface area contributed by atoms with Gasteiger partial charge >= 0.3 is 6.03 Å². The molecule has 1 N–H and O–H groups in total. The van der Waals surface area contributed by atoms with E-state index in [1.165, 1.54) is 4.90 Å². The van der Waals surface area contributed by atoms with E-state index in [9.17, 15) is 14.4 Å². The fourth-order valence-corrected chi connectivity index (χ4v) is 3.82. The van der Waals surface area contributed by atoms with Crippen LogP contribution in [0.25, 0.3) is 0 Å². The predicted molar refractivity (Wildman–Crippen MR) is 100 cm³/mol. The standard InChI is InChI=1S/C20H22N4O3/c1-13-5-7-15(8-6-13)24-19(26)17-12-14(9-11-23(17)20(24)27)21-18(25)16-4-3-10-22(16)2/h3-8,10,14,17H,9,11-12H2,1-2H3,(H,21,25). The molecule has 2 fully saturated rings. The van der Waals surface area contributed by atoms with E-state index in [-0.39, 0.29) is 23.9 Å². The Labute approximate surface area is 157 Å². The normalized spacial score (nSPS) is 22.1. The van der Waals surface area contributed by atoms with Crippen molar-refractivity contribution in [1.29, 1.82) is 0 Å². The number of carbonyl (C=O) groups excluding carboxylic acids is 3. The van der Waals surface area contributed by atoms with Gasteiger partial charge in [0.05, 0.1) is 5.69 Å². The molecule has 0 saturated carbocycles. The first-order valence-corrected chi connectivity index (χ1v) is 9.09. The molecular formula is C20H22N4O3. The average Bonchev–Trinajstić information content (AvgIpc) is 3.18. The highest BCUT2D eigenvalue weighted by Gasteiger charge is 2.48. The van der Waals surface area contributed by atoms with E-state index in [4.69, 9.17) is 0 Å². The SMILES string of the molecule is Cc1ccc(N2C(=O)C3CC(NC(=O)c4cccn4C)CCN3C2=O)cc1. The maximum Gasteiger partial charge on any atom is 0.332 e. The molecule has 2 atom stereocenters. The summed E-state index contributed by atoms with van der Waals surface area (Å²) in [6.07, 6.45) is 2.88. The minimum absolute atomic E-state index is 0.136. The van der Waals surface area contributed by atoms with Gasteiger partial charge in [0.2, 0.25) is 0 Å². The summed E-state index contributed by atoms with van der Waals surface area (Å²) < 4.78 is 1.76. The van der Waals surface area contributed by atoms with Gasteiger partial charge in [0.25, 0.3) is 11.8 Å². The van der Waals surface area contributed by atoms with E-state index in [0.29, 0.717) is 30.8 Å². The minimum Gasteiger partial charge on any atom is -0.348 e. The van der Waals surface area contributed by atoms with Gasteiger partial charge in [0.15, 0.2) is 0 Å². The maximum atomic E-state index is 12.9. The number of hydrogen-bond acceptors (Lipinski definition) is 3. The fraction of sp³-hybridized carbons (Fsp3) is 0.350. The van der Waals surface area contributed by atoms with Gasteiger partial charge in [-0.3, -0.25) is 9.59 Å². The molecule has 2 aliphatic rings. The number of aryl methyl sites for hydroxylation is 2. The maximum absolute atomic E-state index is 12.9. The molecule has 0 spiro atoms. The van der Waals surface area contributed by atoms with Crippen molar-refractivity contribution in [3.05, 3.63) is 53.9 Å². The second-order valence-corrected chi connectivity index (χ2v) is 7.20. The van der Waals surface area contributed by atoms with E-state index >= 15 is 0 Å². The van der Waals surface area contributed by atoms with Gasteiger partial charge in [-0.15, -0.1) is 0 Å². The fourth-order valence-electron chi connectivity index (χ4n) is 3.82. The number of benzene rings is 1. The largest absolute Gasteiger partial charge is 0.348 e. The summed E-state index contributed by atoms with van der Waals surface area (Å²) in [6, 6.07) is 9.99. The zero-order valence-corrected chi connectivity index (χ0v) is 15.4. The van der Waals surface area contributed by atoms with Crippen LogP contribution in [0.15, 0.2) is 42.6 Å². The molecule has 4 rings (SSSR count).